The summed E-state index contributed by atoms with van der Waals surface area (Å²) in [5.74, 6) is -0.596. The molecule has 1 rings (SSSR count). The number of unbranched alkanes of at least 4 members (excludes halogenated alkanes) is 1. The Morgan fingerprint density at radius 1 is 1.50 bits per heavy atom. The zero-order chi connectivity index (χ0) is 13.5. The summed E-state index contributed by atoms with van der Waals surface area (Å²) in [7, 11) is 0. The lowest BCUT2D eigenvalue weighted by Crippen LogP contribution is -2.19. The number of hydrazone groups is 1. The molecule has 18 heavy (non-hydrogen) atoms. The molecule has 2 N–H and O–H groups in total. The summed E-state index contributed by atoms with van der Waals surface area (Å²) in [6, 6.07) is 4.33. The van der Waals surface area contributed by atoms with E-state index in [0.717, 1.165) is 25.0 Å². The second-order valence-electron chi connectivity index (χ2n) is 4.05. The van der Waals surface area contributed by atoms with Crippen LogP contribution < -0.4 is 5.43 Å². The fourth-order valence-corrected chi connectivity index (χ4v) is 1.56. The van der Waals surface area contributed by atoms with Crippen molar-refractivity contribution < 1.29 is 9.90 Å². The number of nitrogens with one attached hydrogen (secondary N) is 1. The normalized spacial score (nSPS) is 11.4. The minimum absolute atomic E-state index is 0.151. The van der Waals surface area contributed by atoms with Crippen LogP contribution in [0.4, 0.5) is 0 Å². The fourth-order valence-electron chi connectivity index (χ4n) is 1.39. The van der Waals surface area contributed by atoms with E-state index in [0.29, 0.717) is 5.02 Å². The Balaban J connectivity index is 2.65. The molecule has 0 aromatic heterocycles. The highest BCUT2D eigenvalue weighted by molar-refractivity contribution is 6.30. The largest absolute Gasteiger partial charge is 0.507 e. The van der Waals surface area contributed by atoms with Gasteiger partial charge in [-0.15, -0.1) is 0 Å². The summed E-state index contributed by atoms with van der Waals surface area (Å²) in [5.41, 5.74) is 3.43. The molecular formula is C13H17ClN2O2. The molecule has 0 fully saturated rings. The van der Waals surface area contributed by atoms with Crippen LogP contribution in [0.15, 0.2) is 23.3 Å². The number of halogens is 1. The first-order valence-electron chi connectivity index (χ1n) is 5.86. The second-order valence-corrected chi connectivity index (χ2v) is 4.49. The zero-order valence-electron chi connectivity index (χ0n) is 10.5. The second kappa shape index (κ2) is 7.01. The van der Waals surface area contributed by atoms with Gasteiger partial charge in [-0.1, -0.05) is 24.9 Å². The molecule has 0 saturated heterocycles. The third-order valence-corrected chi connectivity index (χ3v) is 2.68. The van der Waals surface area contributed by atoms with Gasteiger partial charge in [-0.25, -0.2) is 5.43 Å². The van der Waals surface area contributed by atoms with Crippen molar-refractivity contribution in [3.8, 4) is 5.75 Å². The summed E-state index contributed by atoms with van der Waals surface area (Å²) in [5, 5.41) is 13.9. The molecule has 1 aromatic rings. The maximum absolute atomic E-state index is 11.7. The van der Waals surface area contributed by atoms with E-state index < -0.39 is 5.91 Å². The highest BCUT2D eigenvalue weighted by atomic mass is 35.5. The molecule has 4 nitrogen and oxygen atoms in total. The number of benzene rings is 1. The highest BCUT2D eigenvalue weighted by Gasteiger charge is 2.10. The standard InChI is InChI=1S/C13H17ClN2O2/c1-3-4-5-9(2)15-16-13(18)11-7-6-10(14)8-12(11)17/h6-8,17H,3-5H2,1-2H3,(H,16,18)/b15-9+. The smallest absolute Gasteiger partial charge is 0.275 e. The molecule has 0 atom stereocenters. The Bertz CT molecular complexity index is 458. The lowest BCUT2D eigenvalue weighted by Gasteiger charge is -2.04. The molecule has 0 bridgehead atoms. The van der Waals surface area contributed by atoms with Crippen molar-refractivity contribution in [1.29, 1.82) is 0 Å². The van der Waals surface area contributed by atoms with Gasteiger partial charge in [-0.05, 0) is 38.0 Å². The van der Waals surface area contributed by atoms with Crippen molar-refractivity contribution in [2.45, 2.75) is 33.1 Å². The number of carbonyl (C=O) groups excluding carboxylic acids is 1. The number of phenolic OH excluding ortho intramolecular Hbond substituents is 1. The van der Waals surface area contributed by atoms with Crippen LogP contribution in [-0.2, 0) is 0 Å². The van der Waals surface area contributed by atoms with Crippen molar-refractivity contribution >= 4 is 23.2 Å². The predicted molar refractivity (Wildman–Crippen MR) is 73.2 cm³/mol. The average Bonchev–Trinajstić information content (AvgIpc) is 2.33. The quantitative estimate of drug-likeness (QED) is 0.635. The number of phenols is 1. The third kappa shape index (κ3) is 4.37. The van der Waals surface area contributed by atoms with E-state index in [4.69, 9.17) is 11.6 Å². The Morgan fingerprint density at radius 2 is 2.22 bits per heavy atom. The number of hydrogen-bond acceptors (Lipinski definition) is 3. The molecule has 0 spiro atoms. The Kier molecular flexibility index (Phi) is 5.65. The van der Waals surface area contributed by atoms with Crippen molar-refractivity contribution in [2.24, 2.45) is 5.10 Å². The molecule has 0 aliphatic rings. The van der Waals surface area contributed by atoms with Crippen molar-refractivity contribution in [3.05, 3.63) is 28.8 Å². The molecule has 1 amide bonds. The van der Waals surface area contributed by atoms with Crippen LogP contribution in [0.3, 0.4) is 0 Å². The Labute approximate surface area is 112 Å². The molecule has 0 unspecified atom stereocenters. The van der Waals surface area contributed by atoms with Crippen LogP contribution in [-0.4, -0.2) is 16.7 Å². The first-order chi connectivity index (χ1) is 8.54. The van der Waals surface area contributed by atoms with Crippen LogP contribution in [0.25, 0.3) is 0 Å². The predicted octanol–water partition coefficient (Wildman–Crippen LogP) is 3.34. The average molecular weight is 269 g/mol. The summed E-state index contributed by atoms with van der Waals surface area (Å²) in [6.45, 7) is 3.95. The van der Waals surface area contributed by atoms with Gasteiger partial charge in [0.1, 0.15) is 5.75 Å². The monoisotopic (exact) mass is 268 g/mol. The molecule has 0 radical (unpaired) electrons. The van der Waals surface area contributed by atoms with E-state index in [9.17, 15) is 9.90 Å². The highest BCUT2D eigenvalue weighted by Crippen LogP contribution is 2.21. The lowest BCUT2D eigenvalue weighted by molar-refractivity contribution is 0.0952. The molecule has 0 saturated carbocycles. The maximum atomic E-state index is 11.7. The summed E-state index contributed by atoms with van der Waals surface area (Å²) in [4.78, 5) is 11.7. The third-order valence-electron chi connectivity index (χ3n) is 2.44. The minimum Gasteiger partial charge on any atom is -0.507 e. The van der Waals surface area contributed by atoms with E-state index in [1.807, 2.05) is 6.92 Å². The van der Waals surface area contributed by atoms with E-state index in [1.54, 1.807) is 6.07 Å². The van der Waals surface area contributed by atoms with Gasteiger partial charge in [0.05, 0.1) is 5.56 Å². The summed E-state index contributed by atoms with van der Waals surface area (Å²) in [6.07, 6.45) is 2.97. The van der Waals surface area contributed by atoms with Crippen LogP contribution in [0.5, 0.6) is 5.75 Å². The van der Waals surface area contributed by atoms with Crippen LogP contribution in [0, 0.1) is 0 Å². The minimum atomic E-state index is -0.444. The van der Waals surface area contributed by atoms with E-state index in [-0.39, 0.29) is 11.3 Å². The van der Waals surface area contributed by atoms with Gasteiger partial charge < -0.3 is 5.11 Å². The van der Waals surface area contributed by atoms with Gasteiger partial charge in [0.15, 0.2) is 0 Å². The fraction of sp³-hybridized carbons (Fsp3) is 0.385. The molecule has 0 aliphatic heterocycles. The van der Waals surface area contributed by atoms with Gasteiger partial charge in [0.2, 0.25) is 0 Å². The number of hydrogen-bond donors (Lipinski definition) is 2. The van der Waals surface area contributed by atoms with Gasteiger partial charge in [0, 0.05) is 10.7 Å². The van der Waals surface area contributed by atoms with Crippen molar-refractivity contribution in [1.82, 2.24) is 5.43 Å². The first kappa shape index (κ1) is 14.5. The molecule has 1 aromatic carbocycles. The molecule has 98 valence electrons. The topological polar surface area (TPSA) is 61.7 Å². The maximum Gasteiger partial charge on any atom is 0.275 e. The van der Waals surface area contributed by atoms with Crippen LogP contribution in [0.1, 0.15) is 43.5 Å². The van der Waals surface area contributed by atoms with E-state index in [1.165, 1.54) is 12.1 Å². The summed E-state index contributed by atoms with van der Waals surface area (Å²) < 4.78 is 0. The van der Waals surface area contributed by atoms with Crippen molar-refractivity contribution in [2.75, 3.05) is 0 Å². The van der Waals surface area contributed by atoms with Gasteiger partial charge in [-0.3, -0.25) is 4.79 Å². The van der Waals surface area contributed by atoms with Crippen molar-refractivity contribution in [3.63, 3.8) is 0 Å². The first-order valence-corrected chi connectivity index (χ1v) is 6.24. The Morgan fingerprint density at radius 3 is 2.83 bits per heavy atom. The zero-order valence-corrected chi connectivity index (χ0v) is 11.3. The van der Waals surface area contributed by atoms with Gasteiger partial charge >= 0.3 is 0 Å². The molecule has 0 aliphatic carbocycles. The summed E-state index contributed by atoms with van der Waals surface area (Å²) >= 11 is 5.69. The molecule has 0 heterocycles. The van der Waals surface area contributed by atoms with Gasteiger partial charge in [-0.2, -0.15) is 5.10 Å². The molecular weight excluding hydrogens is 252 g/mol. The SMILES string of the molecule is CCCC/C(C)=N/NC(=O)c1ccc(Cl)cc1O. The lowest BCUT2D eigenvalue weighted by atomic mass is 10.2. The van der Waals surface area contributed by atoms with Gasteiger partial charge in [0.25, 0.3) is 5.91 Å². The van der Waals surface area contributed by atoms with E-state index >= 15 is 0 Å². The number of carbonyl (C=O) groups is 1. The Hall–Kier alpha value is -1.55. The number of amides is 1. The van der Waals surface area contributed by atoms with Crippen LogP contribution >= 0.6 is 11.6 Å². The number of rotatable bonds is 5. The number of nitrogens with zero attached hydrogens (tertiary/aromatic N) is 1. The van der Waals surface area contributed by atoms with E-state index in [2.05, 4.69) is 17.5 Å². The number of aromatic hydroxyl groups is 1. The molecule has 5 heteroatoms. The van der Waals surface area contributed by atoms with Crippen LogP contribution in [0.2, 0.25) is 5.02 Å².